The van der Waals surface area contributed by atoms with Gasteiger partial charge in [-0.05, 0) is 32.0 Å². The lowest BCUT2D eigenvalue weighted by Gasteiger charge is -2.39. The van der Waals surface area contributed by atoms with Gasteiger partial charge >= 0.3 is 0 Å². The SMILES string of the molecule is CC1(C)C(=O)NCCN1S(=O)(=O)c1ccc(Br)cc1F. The van der Waals surface area contributed by atoms with Gasteiger partial charge in [0.2, 0.25) is 15.9 Å². The number of hydrogen-bond acceptors (Lipinski definition) is 3. The van der Waals surface area contributed by atoms with Crippen molar-refractivity contribution < 1.29 is 17.6 Å². The number of amides is 1. The summed E-state index contributed by atoms with van der Waals surface area (Å²) in [6.45, 7) is 3.31. The molecule has 0 aromatic heterocycles. The van der Waals surface area contributed by atoms with E-state index in [1.165, 1.54) is 26.0 Å². The van der Waals surface area contributed by atoms with Crippen LogP contribution >= 0.6 is 15.9 Å². The number of rotatable bonds is 2. The fourth-order valence-corrected chi connectivity index (χ4v) is 4.24. The van der Waals surface area contributed by atoms with E-state index in [1.54, 1.807) is 0 Å². The second-order valence-electron chi connectivity index (χ2n) is 4.97. The largest absolute Gasteiger partial charge is 0.353 e. The number of carbonyl (C=O) groups is 1. The fourth-order valence-electron chi connectivity index (χ4n) is 2.10. The van der Waals surface area contributed by atoms with Gasteiger partial charge in [0.15, 0.2) is 0 Å². The molecule has 8 heteroatoms. The van der Waals surface area contributed by atoms with Gasteiger partial charge in [-0.25, -0.2) is 12.8 Å². The van der Waals surface area contributed by atoms with Crippen molar-refractivity contribution in [1.29, 1.82) is 0 Å². The fraction of sp³-hybridized carbons (Fsp3) is 0.417. The summed E-state index contributed by atoms with van der Waals surface area (Å²) in [5.41, 5.74) is -1.25. The molecule has 1 fully saturated rings. The smallest absolute Gasteiger partial charge is 0.247 e. The van der Waals surface area contributed by atoms with Gasteiger partial charge in [0.25, 0.3) is 0 Å². The van der Waals surface area contributed by atoms with Gasteiger partial charge in [-0.15, -0.1) is 0 Å². The molecule has 0 unspecified atom stereocenters. The zero-order valence-electron chi connectivity index (χ0n) is 11.0. The van der Waals surface area contributed by atoms with Crippen LogP contribution in [0.2, 0.25) is 0 Å². The Kier molecular flexibility index (Phi) is 3.92. The quantitative estimate of drug-likeness (QED) is 0.864. The Morgan fingerprint density at radius 3 is 2.65 bits per heavy atom. The van der Waals surface area contributed by atoms with Gasteiger partial charge in [-0.3, -0.25) is 4.79 Å². The molecule has 1 amide bonds. The van der Waals surface area contributed by atoms with Gasteiger partial charge < -0.3 is 5.32 Å². The molecule has 1 aromatic rings. The standard InChI is InChI=1S/C12H14BrFN2O3S/c1-12(2)11(17)15-5-6-16(12)20(18,19)10-4-3-8(13)7-9(10)14/h3-4,7H,5-6H2,1-2H3,(H,15,17). The van der Waals surface area contributed by atoms with Gasteiger partial charge in [-0.2, -0.15) is 4.31 Å². The molecule has 110 valence electrons. The highest BCUT2D eigenvalue weighted by molar-refractivity contribution is 9.10. The number of nitrogens with zero attached hydrogens (tertiary/aromatic N) is 1. The first-order valence-electron chi connectivity index (χ1n) is 5.93. The molecule has 0 atom stereocenters. The summed E-state index contributed by atoms with van der Waals surface area (Å²) in [4.78, 5) is 11.4. The van der Waals surface area contributed by atoms with Crippen molar-refractivity contribution >= 4 is 31.9 Å². The Balaban J connectivity index is 2.52. The molecule has 0 bridgehead atoms. The molecule has 5 nitrogen and oxygen atoms in total. The van der Waals surface area contributed by atoms with Crippen molar-refractivity contribution in [1.82, 2.24) is 9.62 Å². The van der Waals surface area contributed by atoms with Crippen LogP contribution < -0.4 is 5.32 Å². The Bertz CT molecular complexity index is 661. The first-order valence-corrected chi connectivity index (χ1v) is 8.17. The molecule has 0 saturated carbocycles. The predicted octanol–water partition coefficient (Wildman–Crippen LogP) is 1.49. The van der Waals surface area contributed by atoms with E-state index in [4.69, 9.17) is 0 Å². The van der Waals surface area contributed by atoms with Gasteiger partial charge in [0.1, 0.15) is 16.3 Å². The highest BCUT2D eigenvalue weighted by Crippen LogP contribution is 2.29. The highest BCUT2D eigenvalue weighted by Gasteiger charge is 2.45. The number of hydrogen-bond donors (Lipinski definition) is 1. The van der Waals surface area contributed by atoms with Crippen molar-refractivity contribution in [3.05, 3.63) is 28.5 Å². The van der Waals surface area contributed by atoms with Crippen molar-refractivity contribution in [3.63, 3.8) is 0 Å². The van der Waals surface area contributed by atoms with Crippen LogP contribution in [0.4, 0.5) is 4.39 Å². The molecule has 20 heavy (non-hydrogen) atoms. The summed E-state index contributed by atoms with van der Waals surface area (Å²) < 4.78 is 40.5. The van der Waals surface area contributed by atoms with E-state index < -0.39 is 32.2 Å². The van der Waals surface area contributed by atoms with E-state index in [-0.39, 0.29) is 13.1 Å². The van der Waals surface area contributed by atoms with Crippen molar-refractivity contribution in [2.24, 2.45) is 0 Å². The van der Waals surface area contributed by atoms with Gasteiger partial charge in [-0.1, -0.05) is 15.9 Å². The number of piperazine rings is 1. The predicted molar refractivity (Wildman–Crippen MR) is 75.1 cm³/mol. The first kappa shape index (κ1) is 15.4. The maximum absolute atomic E-state index is 13.9. The van der Waals surface area contributed by atoms with E-state index in [0.29, 0.717) is 4.47 Å². The summed E-state index contributed by atoms with van der Waals surface area (Å²) >= 11 is 3.08. The first-order chi connectivity index (χ1) is 9.17. The molecular weight excluding hydrogens is 351 g/mol. The molecule has 1 aliphatic heterocycles. The van der Waals surface area contributed by atoms with E-state index in [1.807, 2.05) is 0 Å². The maximum Gasteiger partial charge on any atom is 0.247 e. The lowest BCUT2D eigenvalue weighted by atomic mass is 10.0. The maximum atomic E-state index is 13.9. The topological polar surface area (TPSA) is 66.5 Å². The summed E-state index contributed by atoms with van der Waals surface area (Å²) in [5.74, 6) is -1.24. The van der Waals surface area contributed by atoms with Crippen molar-refractivity contribution in [2.45, 2.75) is 24.3 Å². The van der Waals surface area contributed by atoms with E-state index in [2.05, 4.69) is 21.2 Å². The Labute approximate surface area is 125 Å². The van der Waals surface area contributed by atoms with E-state index in [9.17, 15) is 17.6 Å². The average Bonchev–Trinajstić information content (AvgIpc) is 2.31. The minimum absolute atomic E-state index is 0.108. The van der Waals surface area contributed by atoms with E-state index >= 15 is 0 Å². The third-order valence-corrected chi connectivity index (χ3v) is 5.84. The molecule has 0 aliphatic carbocycles. The zero-order chi connectivity index (χ0) is 15.1. The minimum Gasteiger partial charge on any atom is -0.353 e. The van der Waals surface area contributed by atoms with Crippen molar-refractivity contribution in [3.8, 4) is 0 Å². The number of benzene rings is 1. The molecule has 1 aliphatic rings. The van der Waals surface area contributed by atoms with Crippen LogP contribution in [0.3, 0.4) is 0 Å². The monoisotopic (exact) mass is 364 g/mol. The Morgan fingerprint density at radius 1 is 1.40 bits per heavy atom. The summed E-state index contributed by atoms with van der Waals surface area (Å²) in [6, 6.07) is 3.73. The third kappa shape index (κ3) is 2.47. The van der Waals surface area contributed by atoms with Crippen LogP contribution in [0.25, 0.3) is 0 Å². The lowest BCUT2D eigenvalue weighted by molar-refractivity contribution is -0.131. The second-order valence-corrected chi connectivity index (χ2v) is 7.71. The number of nitrogens with one attached hydrogen (secondary N) is 1. The van der Waals surface area contributed by atoms with Crippen LogP contribution in [0, 0.1) is 5.82 Å². The summed E-state index contributed by atoms with van der Waals surface area (Å²) in [7, 11) is -4.07. The van der Waals surface area contributed by atoms with Crippen LogP contribution in [0.15, 0.2) is 27.6 Å². The molecule has 1 saturated heterocycles. The average molecular weight is 365 g/mol. The van der Waals surface area contributed by atoms with Crippen LogP contribution in [-0.2, 0) is 14.8 Å². The Morgan fingerprint density at radius 2 is 2.05 bits per heavy atom. The van der Waals surface area contributed by atoms with Crippen LogP contribution in [0.5, 0.6) is 0 Å². The normalized spacial score (nSPS) is 19.7. The molecule has 1 N–H and O–H groups in total. The number of sulfonamides is 1. The molecule has 1 aromatic carbocycles. The zero-order valence-corrected chi connectivity index (χ0v) is 13.4. The number of halogens is 2. The Hall–Kier alpha value is -0.990. The number of carbonyl (C=O) groups excluding carboxylic acids is 1. The van der Waals surface area contributed by atoms with Crippen LogP contribution in [0.1, 0.15) is 13.8 Å². The molecular formula is C12H14BrFN2O3S. The molecule has 1 heterocycles. The minimum atomic E-state index is -4.07. The molecule has 2 rings (SSSR count). The second kappa shape index (κ2) is 5.09. The molecule has 0 spiro atoms. The van der Waals surface area contributed by atoms with Crippen molar-refractivity contribution in [2.75, 3.05) is 13.1 Å². The third-order valence-electron chi connectivity index (χ3n) is 3.24. The van der Waals surface area contributed by atoms with E-state index in [0.717, 1.165) is 10.4 Å². The lowest BCUT2D eigenvalue weighted by Crippen LogP contribution is -2.63. The summed E-state index contributed by atoms with van der Waals surface area (Å²) in [5, 5.41) is 2.60. The van der Waals surface area contributed by atoms with Crippen LogP contribution in [-0.4, -0.2) is 37.3 Å². The molecule has 0 radical (unpaired) electrons. The van der Waals surface area contributed by atoms with Gasteiger partial charge in [0.05, 0.1) is 0 Å². The van der Waals surface area contributed by atoms with Gasteiger partial charge in [0, 0.05) is 17.6 Å². The highest BCUT2D eigenvalue weighted by atomic mass is 79.9. The summed E-state index contributed by atoms with van der Waals surface area (Å²) in [6.07, 6.45) is 0.